The number of rotatable bonds is 4. The van der Waals surface area contributed by atoms with Crippen molar-refractivity contribution >= 4 is 17.6 Å². The van der Waals surface area contributed by atoms with E-state index in [0.717, 1.165) is 25.0 Å². The Morgan fingerprint density at radius 1 is 1.45 bits per heavy atom. The number of carbonyl (C=O) groups excluding carboxylic acids is 1. The number of amides is 2. The summed E-state index contributed by atoms with van der Waals surface area (Å²) in [5.74, 6) is 0.510. The first-order valence-corrected chi connectivity index (χ1v) is 7.39. The second kappa shape index (κ2) is 7.50. The molecule has 2 rings (SSSR count). The summed E-state index contributed by atoms with van der Waals surface area (Å²) >= 11 is 5.90. The van der Waals surface area contributed by atoms with Crippen molar-refractivity contribution in [3.63, 3.8) is 0 Å². The van der Waals surface area contributed by atoms with Crippen LogP contribution < -0.4 is 10.6 Å². The van der Waals surface area contributed by atoms with E-state index in [1.54, 1.807) is 0 Å². The zero-order chi connectivity index (χ0) is 14.4. The molecule has 1 aromatic carbocycles. The Hall–Kier alpha value is -1.26. The van der Waals surface area contributed by atoms with Crippen molar-refractivity contribution in [2.24, 2.45) is 5.92 Å². The molecule has 1 aromatic rings. The van der Waals surface area contributed by atoms with E-state index < -0.39 is 0 Å². The van der Waals surface area contributed by atoms with Gasteiger partial charge >= 0.3 is 6.03 Å². The van der Waals surface area contributed by atoms with Gasteiger partial charge in [-0.2, -0.15) is 0 Å². The Morgan fingerprint density at radius 3 is 3.05 bits per heavy atom. The Labute approximate surface area is 124 Å². The van der Waals surface area contributed by atoms with Crippen molar-refractivity contribution in [1.82, 2.24) is 10.6 Å². The van der Waals surface area contributed by atoms with Crippen LogP contribution in [-0.2, 0) is 11.3 Å². The fourth-order valence-corrected chi connectivity index (χ4v) is 2.62. The molecule has 1 fully saturated rings. The van der Waals surface area contributed by atoms with Gasteiger partial charge in [0.2, 0.25) is 0 Å². The maximum atomic E-state index is 11.7. The van der Waals surface area contributed by atoms with E-state index in [9.17, 15) is 4.79 Å². The summed E-state index contributed by atoms with van der Waals surface area (Å²) in [5.41, 5.74) is 0.993. The lowest BCUT2D eigenvalue weighted by molar-refractivity contribution is 0.00346. The molecule has 0 aliphatic carbocycles. The molecule has 110 valence electrons. The summed E-state index contributed by atoms with van der Waals surface area (Å²) in [6.07, 6.45) is 2.32. The first-order chi connectivity index (χ1) is 9.63. The van der Waals surface area contributed by atoms with Crippen molar-refractivity contribution < 1.29 is 9.53 Å². The number of ether oxygens (including phenoxy) is 1. The molecule has 5 heteroatoms. The van der Waals surface area contributed by atoms with Gasteiger partial charge in [-0.15, -0.1) is 0 Å². The molecule has 1 aliphatic heterocycles. The predicted molar refractivity (Wildman–Crippen MR) is 79.8 cm³/mol. The van der Waals surface area contributed by atoms with Crippen LogP contribution in [0, 0.1) is 5.92 Å². The Balaban J connectivity index is 1.67. The van der Waals surface area contributed by atoms with Crippen LogP contribution in [-0.4, -0.2) is 25.3 Å². The molecule has 1 aliphatic rings. The normalized spacial score (nSPS) is 22.3. The lowest BCUT2D eigenvalue weighted by Gasteiger charge is -2.27. The molecule has 0 unspecified atom stereocenters. The largest absolute Gasteiger partial charge is 0.378 e. The van der Waals surface area contributed by atoms with E-state index >= 15 is 0 Å². The van der Waals surface area contributed by atoms with Crippen LogP contribution in [0.25, 0.3) is 0 Å². The summed E-state index contributed by atoms with van der Waals surface area (Å²) in [6, 6.07) is 7.34. The zero-order valence-electron chi connectivity index (χ0n) is 11.7. The molecule has 1 saturated heterocycles. The highest BCUT2D eigenvalue weighted by molar-refractivity contribution is 6.30. The van der Waals surface area contributed by atoms with E-state index in [1.807, 2.05) is 24.3 Å². The van der Waals surface area contributed by atoms with Gasteiger partial charge in [0.15, 0.2) is 0 Å². The standard InChI is InChI=1S/C15H21ClN2O2/c1-11-7-13(5-6-20-11)10-18-15(19)17-9-12-3-2-4-14(16)8-12/h2-4,8,11,13H,5-7,9-10H2,1H3,(H2,17,18,19)/t11-,13-/m1/s1. The van der Waals surface area contributed by atoms with Gasteiger partial charge in [-0.1, -0.05) is 23.7 Å². The van der Waals surface area contributed by atoms with Crippen LogP contribution in [0.3, 0.4) is 0 Å². The van der Waals surface area contributed by atoms with Crippen LogP contribution in [0.1, 0.15) is 25.3 Å². The second-order valence-corrected chi connectivity index (χ2v) is 5.70. The molecule has 20 heavy (non-hydrogen) atoms. The minimum Gasteiger partial charge on any atom is -0.378 e. The molecule has 4 nitrogen and oxygen atoms in total. The van der Waals surface area contributed by atoms with Gasteiger partial charge in [0.1, 0.15) is 0 Å². The Kier molecular flexibility index (Phi) is 5.68. The van der Waals surface area contributed by atoms with E-state index in [4.69, 9.17) is 16.3 Å². The third-order valence-electron chi connectivity index (χ3n) is 3.49. The maximum Gasteiger partial charge on any atom is 0.315 e. The minimum absolute atomic E-state index is 0.135. The van der Waals surface area contributed by atoms with Gasteiger partial charge in [0, 0.05) is 24.7 Å². The predicted octanol–water partition coefficient (Wildman–Crippen LogP) is 2.95. The summed E-state index contributed by atoms with van der Waals surface area (Å²) in [7, 11) is 0. The highest BCUT2D eigenvalue weighted by Crippen LogP contribution is 2.18. The Morgan fingerprint density at radius 2 is 2.30 bits per heavy atom. The van der Waals surface area contributed by atoms with E-state index in [-0.39, 0.29) is 6.03 Å². The van der Waals surface area contributed by atoms with Gasteiger partial charge in [-0.05, 0) is 43.4 Å². The summed E-state index contributed by atoms with van der Waals surface area (Å²) in [5, 5.41) is 6.44. The number of hydrogen-bond donors (Lipinski definition) is 2. The van der Waals surface area contributed by atoms with Crippen LogP contribution in [0.5, 0.6) is 0 Å². The maximum absolute atomic E-state index is 11.7. The average Bonchev–Trinajstić information content (AvgIpc) is 2.43. The number of hydrogen-bond acceptors (Lipinski definition) is 2. The third-order valence-corrected chi connectivity index (χ3v) is 3.72. The SMILES string of the molecule is C[C@@H]1C[C@H](CNC(=O)NCc2cccc(Cl)c2)CCO1. The van der Waals surface area contributed by atoms with Crippen LogP contribution in [0.15, 0.2) is 24.3 Å². The second-order valence-electron chi connectivity index (χ2n) is 5.27. The van der Waals surface area contributed by atoms with Gasteiger partial charge in [-0.25, -0.2) is 4.79 Å². The van der Waals surface area contributed by atoms with Crippen molar-refractivity contribution in [2.45, 2.75) is 32.4 Å². The van der Waals surface area contributed by atoms with Crippen molar-refractivity contribution in [1.29, 1.82) is 0 Å². The number of urea groups is 1. The zero-order valence-corrected chi connectivity index (χ0v) is 12.5. The fraction of sp³-hybridized carbons (Fsp3) is 0.533. The van der Waals surface area contributed by atoms with E-state index in [0.29, 0.717) is 30.1 Å². The molecule has 2 amide bonds. The van der Waals surface area contributed by atoms with Crippen molar-refractivity contribution in [3.8, 4) is 0 Å². The smallest absolute Gasteiger partial charge is 0.315 e. The average molecular weight is 297 g/mol. The van der Waals surface area contributed by atoms with Crippen molar-refractivity contribution in [2.75, 3.05) is 13.2 Å². The molecule has 0 radical (unpaired) electrons. The molecule has 2 atom stereocenters. The first-order valence-electron chi connectivity index (χ1n) is 7.01. The highest BCUT2D eigenvalue weighted by atomic mass is 35.5. The lowest BCUT2D eigenvalue weighted by atomic mass is 9.96. The van der Waals surface area contributed by atoms with E-state index in [1.165, 1.54) is 0 Å². The van der Waals surface area contributed by atoms with Crippen molar-refractivity contribution in [3.05, 3.63) is 34.9 Å². The minimum atomic E-state index is -0.135. The van der Waals surface area contributed by atoms with Crippen LogP contribution in [0.2, 0.25) is 5.02 Å². The first kappa shape index (κ1) is 15.1. The molecular weight excluding hydrogens is 276 g/mol. The van der Waals surface area contributed by atoms with Gasteiger partial charge in [0.05, 0.1) is 6.10 Å². The summed E-state index contributed by atoms with van der Waals surface area (Å²) < 4.78 is 5.49. The van der Waals surface area contributed by atoms with Gasteiger partial charge in [-0.3, -0.25) is 0 Å². The highest BCUT2D eigenvalue weighted by Gasteiger charge is 2.19. The monoisotopic (exact) mass is 296 g/mol. The lowest BCUT2D eigenvalue weighted by Crippen LogP contribution is -2.39. The number of nitrogens with one attached hydrogen (secondary N) is 2. The fourth-order valence-electron chi connectivity index (χ4n) is 2.41. The number of benzene rings is 1. The summed E-state index contributed by atoms with van der Waals surface area (Å²) in [4.78, 5) is 11.7. The Bertz CT molecular complexity index is 453. The molecule has 1 heterocycles. The molecule has 0 bridgehead atoms. The number of halogens is 1. The van der Waals surface area contributed by atoms with Crippen LogP contribution in [0.4, 0.5) is 4.79 Å². The molecular formula is C15H21ClN2O2. The quantitative estimate of drug-likeness (QED) is 0.897. The number of carbonyl (C=O) groups is 1. The third kappa shape index (κ3) is 5.02. The molecule has 0 aromatic heterocycles. The molecule has 2 N–H and O–H groups in total. The molecule has 0 saturated carbocycles. The summed E-state index contributed by atoms with van der Waals surface area (Å²) in [6.45, 7) is 4.05. The molecule has 0 spiro atoms. The van der Waals surface area contributed by atoms with Crippen LogP contribution >= 0.6 is 11.6 Å². The topological polar surface area (TPSA) is 50.4 Å². The van der Waals surface area contributed by atoms with Gasteiger partial charge < -0.3 is 15.4 Å². The van der Waals surface area contributed by atoms with Gasteiger partial charge in [0.25, 0.3) is 0 Å². The van der Waals surface area contributed by atoms with E-state index in [2.05, 4.69) is 17.6 Å².